The highest BCUT2D eigenvalue weighted by atomic mass is 35.5. The van der Waals surface area contributed by atoms with Gasteiger partial charge in [0.25, 0.3) is 0 Å². The number of alkyl halides is 1. The van der Waals surface area contributed by atoms with Gasteiger partial charge in [-0.25, -0.2) is 4.99 Å². The molecule has 2 rings (SSSR count). The molecule has 0 radical (unpaired) electrons. The first kappa shape index (κ1) is 15.1. The van der Waals surface area contributed by atoms with E-state index in [0.29, 0.717) is 11.9 Å². The molecule has 1 heterocycles. The van der Waals surface area contributed by atoms with Crippen LogP contribution in [0, 0.1) is 0 Å². The Hall–Kier alpha value is -1.26. The molecule has 4 nitrogen and oxygen atoms in total. The normalized spacial score (nSPS) is 20.5. The van der Waals surface area contributed by atoms with Crippen molar-refractivity contribution in [3.63, 3.8) is 0 Å². The SMILES string of the molecule is CN(C)C1CCCN(c2ccc(N=C(N)CCl)cc2)C1. The number of rotatable bonds is 4. The zero-order valence-corrected chi connectivity index (χ0v) is 13.0. The summed E-state index contributed by atoms with van der Waals surface area (Å²) >= 11 is 5.63. The van der Waals surface area contributed by atoms with Crippen molar-refractivity contribution in [3.05, 3.63) is 24.3 Å². The van der Waals surface area contributed by atoms with E-state index in [1.807, 2.05) is 12.1 Å². The summed E-state index contributed by atoms with van der Waals surface area (Å²) in [6.45, 7) is 2.20. The minimum Gasteiger partial charge on any atom is -0.386 e. The van der Waals surface area contributed by atoms with Crippen molar-refractivity contribution in [1.82, 2.24) is 4.90 Å². The molecule has 5 heteroatoms. The summed E-state index contributed by atoms with van der Waals surface area (Å²) in [7, 11) is 4.31. The number of halogens is 1. The Morgan fingerprint density at radius 2 is 2.10 bits per heavy atom. The Morgan fingerprint density at radius 3 is 2.70 bits per heavy atom. The lowest BCUT2D eigenvalue weighted by Gasteiger charge is -2.37. The molecule has 20 heavy (non-hydrogen) atoms. The van der Waals surface area contributed by atoms with E-state index in [1.165, 1.54) is 18.5 Å². The topological polar surface area (TPSA) is 44.9 Å². The first-order chi connectivity index (χ1) is 9.60. The van der Waals surface area contributed by atoms with E-state index in [9.17, 15) is 0 Å². The van der Waals surface area contributed by atoms with Crippen LogP contribution in [0.5, 0.6) is 0 Å². The number of benzene rings is 1. The van der Waals surface area contributed by atoms with Gasteiger partial charge >= 0.3 is 0 Å². The third kappa shape index (κ3) is 3.87. The molecule has 110 valence electrons. The number of amidine groups is 1. The fraction of sp³-hybridized carbons (Fsp3) is 0.533. The van der Waals surface area contributed by atoms with Gasteiger partial charge in [-0.3, -0.25) is 0 Å². The predicted molar refractivity (Wildman–Crippen MR) is 87.4 cm³/mol. The molecule has 1 aliphatic heterocycles. The number of hydrogen-bond acceptors (Lipinski definition) is 3. The number of likely N-dealkylation sites (N-methyl/N-ethyl adjacent to an activating group) is 1. The third-order valence-corrected chi connectivity index (χ3v) is 4.03. The smallest absolute Gasteiger partial charge is 0.115 e. The Balaban J connectivity index is 2.06. The van der Waals surface area contributed by atoms with Crippen molar-refractivity contribution in [2.24, 2.45) is 10.7 Å². The van der Waals surface area contributed by atoms with Crippen LogP contribution < -0.4 is 10.6 Å². The second-order valence-corrected chi connectivity index (χ2v) is 5.73. The van der Waals surface area contributed by atoms with Crippen molar-refractivity contribution in [2.75, 3.05) is 38.0 Å². The fourth-order valence-electron chi connectivity index (χ4n) is 2.54. The van der Waals surface area contributed by atoms with E-state index in [2.05, 4.69) is 41.0 Å². The molecule has 0 bridgehead atoms. The molecule has 1 aromatic rings. The van der Waals surface area contributed by atoms with Gasteiger partial charge in [-0.1, -0.05) is 0 Å². The molecule has 0 amide bonds. The molecule has 0 aliphatic carbocycles. The second kappa shape index (κ2) is 6.95. The van der Waals surface area contributed by atoms with Crippen LogP contribution in [-0.4, -0.2) is 49.8 Å². The summed E-state index contributed by atoms with van der Waals surface area (Å²) < 4.78 is 0. The van der Waals surface area contributed by atoms with Crippen LogP contribution in [0.15, 0.2) is 29.3 Å². The van der Waals surface area contributed by atoms with Gasteiger partial charge in [0.2, 0.25) is 0 Å². The number of hydrogen-bond donors (Lipinski definition) is 1. The van der Waals surface area contributed by atoms with Gasteiger partial charge in [0.1, 0.15) is 5.84 Å². The minimum absolute atomic E-state index is 0.262. The van der Waals surface area contributed by atoms with Crippen LogP contribution in [0.25, 0.3) is 0 Å². The number of piperidine rings is 1. The van der Waals surface area contributed by atoms with Crippen molar-refractivity contribution in [2.45, 2.75) is 18.9 Å². The molecule has 1 atom stereocenters. The molecule has 1 aromatic carbocycles. The van der Waals surface area contributed by atoms with E-state index >= 15 is 0 Å². The van der Waals surface area contributed by atoms with E-state index in [4.69, 9.17) is 17.3 Å². The van der Waals surface area contributed by atoms with Gasteiger partial charge < -0.3 is 15.5 Å². The third-order valence-electron chi connectivity index (χ3n) is 3.75. The molecule has 1 fully saturated rings. The molecule has 1 saturated heterocycles. The number of nitrogens with zero attached hydrogens (tertiary/aromatic N) is 3. The van der Waals surface area contributed by atoms with Gasteiger partial charge in [0.15, 0.2) is 0 Å². The van der Waals surface area contributed by atoms with Crippen molar-refractivity contribution in [1.29, 1.82) is 0 Å². The van der Waals surface area contributed by atoms with Crippen LogP contribution in [0.3, 0.4) is 0 Å². The Morgan fingerprint density at radius 1 is 1.40 bits per heavy atom. The van der Waals surface area contributed by atoms with E-state index in [0.717, 1.165) is 18.8 Å². The first-order valence-electron chi connectivity index (χ1n) is 7.00. The summed E-state index contributed by atoms with van der Waals surface area (Å²) in [4.78, 5) is 8.99. The van der Waals surface area contributed by atoms with E-state index in [-0.39, 0.29) is 5.88 Å². The molecular weight excluding hydrogens is 272 g/mol. The maximum atomic E-state index is 5.64. The fourth-order valence-corrected chi connectivity index (χ4v) is 2.60. The molecule has 0 spiro atoms. The quantitative estimate of drug-likeness (QED) is 0.527. The number of aliphatic imine (C=N–C) groups is 1. The van der Waals surface area contributed by atoms with Crippen molar-refractivity contribution < 1.29 is 0 Å². The van der Waals surface area contributed by atoms with Gasteiger partial charge in [-0.2, -0.15) is 0 Å². The summed E-state index contributed by atoms with van der Waals surface area (Å²) in [6, 6.07) is 8.84. The summed E-state index contributed by atoms with van der Waals surface area (Å²) in [5, 5.41) is 0. The standard InChI is InChI=1S/C15H23ClN4/c1-19(2)14-4-3-9-20(11-14)13-7-5-12(6-8-13)18-15(17)10-16/h5-8,14H,3-4,9-11H2,1-2H3,(H2,17,18). The van der Waals surface area contributed by atoms with Gasteiger partial charge in [0.05, 0.1) is 11.6 Å². The maximum absolute atomic E-state index is 5.64. The van der Waals surface area contributed by atoms with Gasteiger partial charge in [-0.15, -0.1) is 11.6 Å². The van der Waals surface area contributed by atoms with Crippen molar-refractivity contribution >= 4 is 28.8 Å². The highest BCUT2D eigenvalue weighted by Crippen LogP contribution is 2.24. The average molecular weight is 295 g/mol. The van der Waals surface area contributed by atoms with Crippen LogP contribution in [0.1, 0.15) is 12.8 Å². The zero-order valence-electron chi connectivity index (χ0n) is 12.2. The van der Waals surface area contributed by atoms with Crippen LogP contribution in [-0.2, 0) is 0 Å². The molecule has 0 saturated carbocycles. The summed E-state index contributed by atoms with van der Waals surface area (Å²) in [6.07, 6.45) is 2.51. The zero-order chi connectivity index (χ0) is 14.5. The lowest BCUT2D eigenvalue weighted by Crippen LogP contribution is -2.45. The maximum Gasteiger partial charge on any atom is 0.115 e. The highest BCUT2D eigenvalue weighted by Gasteiger charge is 2.21. The van der Waals surface area contributed by atoms with E-state index in [1.54, 1.807) is 0 Å². The molecule has 1 aliphatic rings. The first-order valence-corrected chi connectivity index (χ1v) is 7.54. The van der Waals surface area contributed by atoms with E-state index < -0.39 is 0 Å². The van der Waals surface area contributed by atoms with Gasteiger partial charge in [-0.05, 0) is 51.2 Å². The largest absolute Gasteiger partial charge is 0.386 e. The molecule has 2 N–H and O–H groups in total. The lowest BCUT2D eigenvalue weighted by atomic mass is 10.0. The second-order valence-electron chi connectivity index (χ2n) is 5.46. The summed E-state index contributed by atoms with van der Waals surface area (Å²) in [5.74, 6) is 0.711. The lowest BCUT2D eigenvalue weighted by molar-refractivity contribution is 0.258. The van der Waals surface area contributed by atoms with Gasteiger partial charge in [0, 0.05) is 24.8 Å². The van der Waals surface area contributed by atoms with Crippen LogP contribution in [0.4, 0.5) is 11.4 Å². The summed E-state index contributed by atoms with van der Waals surface area (Å²) in [5.41, 5.74) is 7.74. The number of nitrogens with two attached hydrogens (primary N) is 1. The predicted octanol–water partition coefficient (Wildman–Crippen LogP) is 2.44. The minimum atomic E-state index is 0.262. The Kier molecular flexibility index (Phi) is 5.26. The highest BCUT2D eigenvalue weighted by molar-refractivity contribution is 6.28. The Labute approximate surface area is 126 Å². The van der Waals surface area contributed by atoms with Crippen LogP contribution in [0.2, 0.25) is 0 Å². The molecular formula is C15H23ClN4. The number of anilines is 1. The molecule has 0 aromatic heterocycles. The van der Waals surface area contributed by atoms with Crippen molar-refractivity contribution in [3.8, 4) is 0 Å². The molecule has 1 unspecified atom stereocenters. The van der Waals surface area contributed by atoms with Crippen LogP contribution >= 0.6 is 11.6 Å². The average Bonchev–Trinajstić information content (AvgIpc) is 2.48. The Bertz CT molecular complexity index is 455. The monoisotopic (exact) mass is 294 g/mol.